The van der Waals surface area contributed by atoms with Crippen LogP contribution >= 0.6 is 0 Å². The van der Waals surface area contributed by atoms with Crippen molar-refractivity contribution in [3.8, 4) is 0 Å². The fraction of sp³-hybridized carbons (Fsp3) is 1.00. The first-order valence-electron chi connectivity index (χ1n) is 5.56. The van der Waals surface area contributed by atoms with Crippen molar-refractivity contribution in [1.82, 2.24) is 5.32 Å². The van der Waals surface area contributed by atoms with Crippen molar-refractivity contribution < 1.29 is 9.47 Å². The van der Waals surface area contributed by atoms with E-state index in [9.17, 15) is 0 Å². The lowest BCUT2D eigenvalue weighted by Crippen LogP contribution is -2.32. The molecule has 2 atom stereocenters. The first-order chi connectivity index (χ1) is 6.53. The van der Waals surface area contributed by atoms with Crippen LogP contribution in [-0.4, -0.2) is 31.6 Å². The van der Waals surface area contributed by atoms with Crippen LogP contribution in [0.25, 0.3) is 0 Å². The molecule has 1 N–H and O–H groups in total. The Balaban J connectivity index is 2.09. The van der Waals surface area contributed by atoms with Crippen LogP contribution in [0.15, 0.2) is 0 Å². The van der Waals surface area contributed by atoms with Gasteiger partial charge in [0.15, 0.2) is 5.79 Å². The van der Waals surface area contributed by atoms with E-state index in [1.165, 1.54) is 6.42 Å². The largest absolute Gasteiger partial charge is 0.348 e. The summed E-state index contributed by atoms with van der Waals surface area (Å²) in [4.78, 5) is 0. The predicted octanol–water partition coefficient (Wildman–Crippen LogP) is 1.77. The van der Waals surface area contributed by atoms with Crippen molar-refractivity contribution >= 4 is 0 Å². The molecule has 1 fully saturated rings. The van der Waals surface area contributed by atoms with E-state index >= 15 is 0 Å². The number of hydrogen-bond acceptors (Lipinski definition) is 3. The van der Waals surface area contributed by atoms with Crippen LogP contribution in [0.4, 0.5) is 0 Å². The molecule has 0 spiro atoms. The third kappa shape index (κ3) is 3.95. The van der Waals surface area contributed by atoms with E-state index < -0.39 is 0 Å². The zero-order valence-corrected chi connectivity index (χ0v) is 9.80. The maximum atomic E-state index is 5.68. The maximum absolute atomic E-state index is 5.68. The van der Waals surface area contributed by atoms with Gasteiger partial charge in [-0.1, -0.05) is 20.3 Å². The van der Waals surface area contributed by atoms with Crippen LogP contribution in [0.3, 0.4) is 0 Å². The minimum Gasteiger partial charge on any atom is -0.348 e. The van der Waals surface area contributed by atoms with Gasteiger partial charge in [-0.05, 0) is 26.3 Å². The Morgan fingerprint density at radius 2 is 2.21 bits per heavy atom. The molecule has 0 amide bonds. The van der Waals surface area contributed by atoms with Gasteiger partial charge < -0.3 is 14.8 Å². The van der Waals surface area contributed by atoms with Gasteiger partial charge in [-0.3, -0.25) is 0 Å². The summed E-state index contributed by atoms with van der Waals surface area (Å²) in [6.07, 6.45) is 1.44. The highest BCUT2D eigenvalue weighted by molar-refractivity contribution is 4.73. The normalized spacial score (nSPS) is 27.9. The fourth-order valence-corrected chi connectivity index (χ4v) is 1.50. The van der Waals surface area contributed by atoms with Gasteiger partial charge in [-0.2, -0.15) is 0 Å². The second-order valence-electron chi connectivity index (χ2n) is 4.62. The van der Waals surface area contributed by atoms with E-state index in [-0.39, 0.29) is 11.9 Å². The minimum absolute atomic E-state index is 0.217. The van der Waals surface area contributed by atoms with Crippen molar-refractivity contribution in [3.05, 3.63) is 0 Å². The second kappa shape index (κ2) is 5.10. The van der Waals surface area contributed by atoms with Gasteiger partial charge in [0.2, 0.25) is 0 Å². The van der Waals surface area contributed by atoms with E-state index in [1.54, 1.807) is 0 Å². The zero-order chi connectivity index (χ0) is 10.6. The second-order valence-corrected chi connectivity index (χ2v) is 4.62. The Hall–Kier alpha value is -0.120. The lowest BCUT2D eigenvalue weighted by atomic mass is 10.1. The average Bonchev–Trinajstić information content (AvgIpc) is 2.45. The van der Waals surface area contributed by atoms with Crippen LogP contribution in [0, 0.1) is 5.92 Å². The molecule has 0 aromatic heterocycles. The van der Waals surface area contributed by atoms with Crippen molar-refractivity contribution in [1.29, 1.82) is 0 Å². The Bertz CT molecular complexity index is 171. The van der Waals surface area contributed by atoms with Crippen LogP contribution in [0.1, 0.15) is 34.1 Å². The molecule has 1 rings (SSSR count). The molecule has 14 heavy (non-hydrogen) atoms. The van der Waals surface area contributed by atoms with E-state index in [1.807, 2.05) is 13.8 Å². The first-order valence-corrected chi connectivity index (χ1v) is 5.56. The monoisotopic (exact) mass is 201 g/mol. The Morgan fingerprint density at radius 1 is 1.50 bits per heavy atom. The molecular weight excluding hydrogens is 178 g/mol. The third-order valence-electron chi connectivity index (χ3n) is 2.63. The van der Waals surface area contributed by atoms with Gasteiger partial charge in [-0.15, -0.1) is 0 Å². The smallest absolute Gasteiger partial charge is 0.163 e. The number of ether oxygens (including phenoxy) is 2. The molecule has 1 aliphatic heterocycles. The van der Waals surface area contributed by atoms with Gasteiger partial charge in [-0.25, -0.2) is 0 Å². The highest BCUT2D eigenvalue weighted by Crippen LogP contribution is 2.21. The van der Waals surface area contributed by atoms with E-state index in [2.05, 4.69) is 19.2 Å². The molecule has 0 radical (unpaired) electrons. The molecular formula is C11H23NO2. The molecule has 0 aliphatic carbocycles. The number of nitrogens with one attached hydrogen (secondary N) is 1. The maximum Gasteiger partial charge on any atom is 0.163 e. The Kier molecular flexibility index (Phi) is 4.35. The predicted molar refractivity (Wildman–Crippen MR) is 57.2 cm³/mol. The van der Waals surface area contributed by atoms with E-state index in [4.69, 9.17) is 9.47 Å². The first kappa shape index (κ1) is 12.0. The average molecular weight is 201 g/mol. The summed E-state index contributed by atoms with van der Waals surface area (Å²) in [7, 11) is 0. The SMILES string of the molecule is CCC(C)CNCC1COC(C)(C)O1. The molecule has 3 heteroatoms. The van der Waals surface area contributed by atoms with Gasteiger partial charge in [0.1, 0.15) is 0 Å². The third-order valence-corrected chi connectivity index (χ3v) is 2.63. The topological polar surface area (TPSA) is 30.5 Å². The van der Waals surface area contributed by atoms with E-state index in [0.29, 0.717) is 6.61 Å². The summed E-state index contributed by atoms with van der Waals surface area (Å²) in [5.41, 5.74) is 0. The standard InChI is InChI=1S/C11H23NO2/c1-5-9(2)6-12-7-10-8-13-11(3,4)14-10/h9-10,12H,5-8H2,1-4H3. The van der Waals surface area contributed by atoms with Crippen LogP contribution in [0.2, 0.25) is 0 Å². The fourth-order valence-electron chi connectivity index (χ4n) is 1.50. The molecule has 1 heterocycles. The summed E-state index contributed by atoms with van der Waals surface area (Å²) < 4.78 is 11.2. The zero-order valence-electron chi connectivity index (χ0n) is 9.80. The van der Waals surface area contributed by atoms with Gasteiger partial charge >= 0.3 is 0 Å². The van der Waals surface area contributed by atoms with Crippen LogP contribution in [0.5, 0.6) is 0 Å². The highest BCUT2D eigenvalue weighted by Gasteiger charge is 2.32. The minimum atomic E-state index is -0.386. The summed E-state index contributed by atoms with van der Waals surface area (Å²) in [5, 5.41) is 3.41. The molecule has 0 aromatic rings. The quantitative estimate of drug-likeness (QED) is 0.735. The number of hydrogen-bond donors (Lipinski definition) is 1. The molecule has 0 bridgehead atoms. The molecule has 1 aliphatic rings. The molecule has 0 aromatic carbocycles. The summed E-state index contributed by atoms with van der Waals surface area (Å²) >= 11 is 0. The lowest BCUT2D eigenvalue weighted by Gasteiger charge is -2.17. The Morgan fingerprint density at radius 3 is 2.71 bits per heavy atom. The highest BCUT2D eigenvalue weighted by atomic mass is 16.7. The summed E-state index contributed by atoms with van der Waals surface area (Å²) in [5.74, 6) is 0.355. The van der Waals surface area contributed by atoms with Crippen LogP contribution < -0.4 is 5.32 Å². The van der Waals surface area contributed by atoms with Crippen molar-refractivity contribution in [3.63, 3.8) is 0 Å². The van der Waals surface area contributed by atoms with Gasteiger partial charge in [0.25, 0.3) is 0 Å². The number of rotatable bonds is 5. The molecule has 84 valence electrons. The van der Waals surface area contributed by atoms with Crippen molar-refractivity contribution in [2.24, 2.45) is 5.92 Å². The van der Waals surface area contributed by atoms with E-state index in [0.717, 1.165) is 19.0 Å². The lowest BCUT2D eigenvalue weighted by molar-refractivity contribution is -0.137. The molecule has 0 saturated carbocycles. The summed E-state index contributed by atoms with van der Waals surface area (Å²) in [6, 6.07) is 0. The Labute approximate surface area is 87.2 Å². The van der Waals surface area contributed by atoms with Crippen molar-refractivity contribution in [2.75, 3.05) is 19.7 Å². The van der Waals surface area contributed by atoms with Gasteiger partial charge in [0, 0.05) is 6.54 Å². The molecule has 1 saturated heterocycles. The summed E-state index contributed by atoms with van der Waals surface area (Å²) in [6.45, 7) is 11.1. The van der Waals surface area contributed by atoms with Crippen LogP contribution in [-0.2, 0) is 9.47 Å². The molecule has 2 unspecified atom stereocenters. The van der Waals surface area contributed by atoms with Gasteiger partial charge in [0.05, 0.1) is 12.7 Å². The van der Waals surface area contributed by atoms with Crippen molar-refractivity contribution in [2.45, 2.75) is 46.0 Å². The molecule has 3 nitrogen and oxygen atoms in total.